The molecule has 0 aliphatic rings. The van der Waals surface area contributed by atoms with Crippen molar-refractivity contribution in [2.24, 2.45) is 0 Å². The van der Waals surface area contributed by atoms with Gasteiger partial charge in [0.05, 0.1) is 28.0 Å². The second-order valence-corrected chi connectivity index (χ2v) is 11.0. The van der Waals surface area contributed by atoms with Crippen molar-refractivity contribution in [3.05, 3.63) is 48.0 Å². The maximum absolute atomic E-state index is 13.1. The van der Waals surface area contributed by atoms with Gasteiger partial charge in [0, 0.05) is 19.5 Å². The topological polar surface area (TPSA) is 79.8 Å². The summed E-state index contributed by atoms with van der Waals surface area (Å²) in [5, 5.41) is 0.649. The molecular weight excluding hydrogens is 446 g/mol. The Hall–Kier alpha value is -2.49. The summed E-state index contributed by atoms with van der Waals surface area (Å²) < 4.78 is 31.4. The Morgan fingerprint density at radius 2 is 1.81 bits per heavy atom. The van der Waals surface area contributed by atoms with E-state index in [2.05, 4.69) is 11.1 Å². The van der Waals surface area contributed by atoms with Crippen LogP contribution in [0.5, 0.6) is 5.75 Å². The molecule has 0 atom stereocenters. The summed E-state index contributed by atoms with van der Waals surface area (Å²) in [5.74, 6) is 0.389. The number of aryl methyl sites for hydroxylation is 1. The van der Waals surface area contributed by atoms with Crippen LogP contribution in [0, 0.1) is 6.92 Å². The number of hydrogen-bond acceptors (Lipinski definition) is 7. The molecule has 3 aromatic rings. The largest absolute Gasteiger partial charge is 0.497 e. The maximum atomic E-state index is 13.1. The van der Waals surface area contributed by atoms with E-state index in [9.17, 15) is 13.2 Å². The van der Waals surface area contributed by atoms with E-state index in [1.807, 2.05) is 38.1 Å². The number of aromatic nitrogens is 1. The van der Waals surface area contributed by atoms with Gasteiger partial charge in [-0.1, -0.05) is 17.4 Å². The zero-order chi connectivity index (χ0) is 23.3. The normalized spacial score (nSPS) is 11.8. The summed E-state index contributed by atoms with van der Waals surface area (Å²) in [5.41, 5.74) is 2.00. The molecule has 0 aliphatic carbocycles. The molecule has 2 aromatic carbocycles. The summed E-state index contributed by atoms with van der Waals surface area (Å²) in [6.07, 6.45) is 0.382. The highest BCUT2D eigenvalue weighted by Crippen LogP contribution is 2.30. The van der Waals surface area contributed by atoms with Gasteiger partial charge in [0.25, 0.3) is 0 Å². The Morgan fingerprint density at radius 3 is 2.47 bits per heavy atom. The van der Waals surface area contributed by atoms with Gasteiger partial charge in [-0.25, -0.2) is 13.4 Å². The number of methoxy groups -OCH3 is 1. The van der Waals surface area contributed by atoms with Crippen LogP contribution in [0.4, 0.5) is 5.13 Å². The number of benzene rings is 2. The number of carbonyl (C=O) groups excluding carboxylic acids is 1. The summed E-state index contributed by atoms with van der Waals surface area (Å²) in [6.45, 7) is 3.21. The third-order valence-electron chi connectivity index (χ3n) is 5.06. The third kappa shape index (κ3) is 6.05. The van der Waals surface area contributed by atoms with E-state index < -0.39 is 9.84 Å². The van der Waals surface area contributed by atoms with E-state index in [4.69, 9.17) is 4.74 Å². The van der Waals surface area contributed by atoms with Crippen LogP contribution in [0.1, 0.15) is 18.4 Å². The Balaban J connectivity index is 1.70. The minimum absolute atomic E-state index is 0.0916. The summed E-state index contributed by atoms with van der Waals surface area (Å²) >= 11 is 1.48. The average molecular weight is 476 g/mol. The van der Waals surface area contributed by atoms with E-state index in [1.54, 1.807) is 17.0 Å². The van der Waals surface area contributed by atoms with Crippen LogP contribution in [0.2, 0.25) is 0 Å². The lowest BCUT2D eigenvalue weighted by atomic mass is 10.2. The van der Waals surface area contributed by atoms with E-state index in [1.165, 1.54) is 30.6 Å². The SMILES string of the molecule is COc1ccc(S(=O)(=O)CCCC(=O)N(CCN(C)C)c2nc3ccc(C)cc3s2)cc1. The van der Waals surface area contributed by atoms with Crippen LogP contribution in [-0.4, -0.2) is 64.3 Å². The number of likely N-dealkylation sites (N-methyl/N-ethyl adjacent to an activating group) is 1. The van der Waals surface area contributed by atoms with Gasteiger partial charge in [-0.2, -0.15) is 0 Å². The van der Waals surface area contributed by atoms with Crippen molar-refractivity contribution in [2.75, 3.05) is 44.9 Å². The van der Waals surface area contributed by atoms with Gasteiger partial charge in [-0.3, -0.25) is 9.69 Å². The second kappa shape index (κ2) is 10.4. The number of anilines is 1. The van der Waals surface area contributed by atoms with Crippen molar-refractivity contribution in [1.82, 2.24) is 9.88 Å². The van der Waals surface area contributed by atoms with E-state index in [-0.39, 0.29) is 29.4 Å². The van der Waals surface area contributed by atoms with E-state index in [0.717, 1.165) is 15.8 Å². The summed E-state index contributed by atoms with van der Waals surface area (Å²) in [7, 11) is 1.96. The Labute approximate surface area is 193 Å². The molecule has 0 bridgehead atoms. The maximum Gasteiger partial charge on any atom is 0.228 e. The number of rotatable bonds is 10. The summed E-state index contributed by atoms with van der Waals surface area (Å²) in [4.78, 5) is 21.6. The van der Waals surface area contributed by atoms with Crippen LogP contribution in [0.3, 0.4) is 0 Å². The molecule has 0 radical (unpaired) electrons. The smallest absolute Gasteiger partial charge is 0.228 e. The van der Waals surface area contributed by atoms with Crippen molar-refractivity contribution in [3.63, 3.8) is 0 Å². The standard InChI is InChI=1S/C23H29N3O4S2/c1-17-7-12-20-21(16-17)31-23(24-20)26(14-13-25(2)3)22(27)6-5-15-32(28,29)19-10-8-18(30-4)9-11-19/h7-12,16H,5-6,13-15H2,1-4H3. The van der Waals surface area contributed by atoms with Crippen LogP contribution in [0.25, 0.3) is 10.2 Å². The number of carbonyl (C=O) groups is 1. The zero-order valence-electron chi connectivity index (χ0n) is 18.9. The fraction of sp³-hybridized carbons (Fsp3) is 0.391. The first-order chi connectivity index (χ1) is 15.2. The lowest BCUT2D eigenvalue weighted by molar-refractivity contribution is -0.118. The third-order valence-corrected chi connectivity index (χ3v) is 7.92. The molecule has 0 aliphatic heterocycles. The number of hydrogen-bond donors (Lipinski definition) is 0. The quantitative estimate of drug-likeness (QED) is 0.444. The molecule has 9 heteroatoms. The molecule has 0 fully saturated rings. The lowest BCUT2D eigenvalue weighted by Gasteiger charge is -2.22. The minimum atomic E-state index is -3.47. The predicted octanol–water partition coefficient (Wildman–Crippen LogP) is 3.76. The van der Waals surface area contributed by atoms with Gasteiger partial charge < -0.3 is 9.64 Å². The van der Waals surface area contributed by atoms with Gasteiger partial charge in [0.1, 0.15) is 5.75 Å². The zero-order valence-corrected chi connectivity index (χ0v) is 20.5. The van der Waals surface area contributed by atoms with Crippen LogP contribution in [-0.2, 0) is 14.6 Å². The molecule has 1 aromatic heterocycles. The Kier molecular flexibility index (Phi) is 7.86. The van der Waals surface area contributed by atoms with Crippen molar-refractivity contribution in [2.45, 2.75) is 24.7 Å². The minimum Gasteiger partial charge on any atom is -0.497 e. The van der Waals surface area contributed by atoms with Crippen molar-refractivity contribution in [1.29, 1.82) is 0 Å². The molecule has 0 unspecified atom stereocenters. The van der Waals surface area contributed by atoms with Crippen molar-refractivity contribution < 1.29 is 17.9 Å². The Morgan fingerprint density at radius 1 is 1.09 bits per heavy atom. The van der Waals surface area contributed by atoms with Gasteiger partial charge in [-0.15, -0.1) is 0 Å². The fourth-order valence-corrected chi connectivity index (χ4v) is 5.63. The first kappa shape index (κ1) is 24.2. The predicted molar refractivity (Wildman–Crippen MR) is 130 cm³/mol. The number of sulfone groups is 1. The van der Waals surface area contributed by atoms with Crippen LogP contribution < -0.4 is 9.64 Å². The van der Waals surface area contributed by atoms with Crippen molar-refractivity contribution in [3.8, 4) is 5.75 Å². The molecule has 3 rings (SSSR count). The number of amides is 1. The Bertz CT molecular complexity index is 1170. The molecule has 32 heavy (non-hydrogen) atoms. The highest BCUT2D eigenvalue weighted by Gasteiger charge is 2.21. The first-order valence-electron chi connectivity index (χ1n) is 10.4. The van der Waals surface area contributed by atoms with Gasteiger partial charge in [-0.05, 0) is 69.4 Å². The second-order valence-electron chi connectivity index (χ2n) is 7.91. The molecule has 0 saturated carbocycles. The van der Waals surface area contributed by atoms with Gasteiger partial charge >= 0.3 is 0 Å². The molecule has 0 N–H and O–H groups in total. The van der Waals surface area contributed by atoms with E-state index in [0.29, 0.717) is 24.0 Å². The lowest BCUT2D eigenvalue weighted by Crippen LogP contribution is -2.36. The number of ether oxygens (including phenoxy) is 1. The molecular formula is C23H29N3O4S2. The number of thiazole rings is 1. The van der Waals surface area contributed by atoms with Crippen LogP contribution in [0.15, 0.2) is 47.4 Å². The molecule has 7 nitrogen and oxygen atoms in total. The highest BCUT2D eigenvalue weighted by molar-refractivity contribution is 7.91. The highest BCUT2D eigenvalue weighted by atomic mass is 32.2. The fourth-order valence-electron chi connectivity index (χ4n) is 3.21. The number of nitrogens with zero attached hydrogens (tertiary/aromatic N) is 3. The van der Waals surface area contributed by atoms with Crippen molar-refractivity contribution >= 4 is 42.4 Å². The van der Waals surface area contributed by atoms with E-state index >= 15 is 0 Å². The molecule has 1 heterocycles. The summed E-state index contributed by atoms with van der Waals surface area (Å²) in [6, 6.07) is 12.3. The molecule has 0 saturated heterocycles. The van der Waals surface area contributed by atoms with Gasteiger partial charge in [0.15, 0.2) is 15.0 Å². The molecule has 172 valence electrons. The first-order valence-corrected chi connectivity index (χ1v) is 12.9. The average Bonchev–Trinajstić information content (AvgIpc) is 3.16. The molecule has 1 amide bonds. The van der Waals surface area contributed by atoms with Gasteiger partial charge in [0.2, 0.25) is 5.91 Å². The molecule has 0 spiro atoms. The number of fused-ring (bicyclic) bond motifs is 1. The monoisotopic (exact) mass is 475 g/mol. The van der Waals surface area contributed by atoms with Crippen LogP contribution >= 0.6 is 11.3 Å².